The Morgan fingerprint density at radius 2 is 1.34 bits per heavy atom. The molecular formula is C52H80N2O15Si. The number of rotatable bonds is 20. The first kappa shape index (κ1) is 55.8. The fourth-order valence-corrected chi connectivity index (χ4v) is 10.1. The highest BCUT2D eigenvalue weighted by atomic mass is 28.4. The number of alkyl carbamates (subject to hydrolysis) is 2. The molecule has 17 nitrogen and oxygen atoms in total. The average Bonchev–Trinajstić information content (AvgIpc) is 3.66. The molecule has 3 aliphatic heterocycles. The van der Waals surface area contributed by atoms with Crippen molar-refractivity contribution in [2.45, 2.75) is 191 Å². The van der Waals surface area contributed by atoms with Gasteiger partial charge in [-0.1, -0.05) is 115 Å². The number of aliphatic hydroxyl groups excluding tert-OH is 3. The van der Waals surface area contributed by atoms with Crippen LogP contribution in [0.1, 0.15) is 85.3 Å². The molecule has 2 aromatic rings. The van der Waals surface area contributed by atoms with Crippen molar-refractivity contribution in [3.63, 3.8) is 0 Å². The van der Waals surface area contributed by atoms with Crippen molar-refractivity contribution in [3.8, 4) is 0 Å². The minimum absolute atomic E-state index is 0.0142. The predicted molar refractivity (Wildman–Crippen MR) is 262 cm³/mol. The summed E-state index contributed by atoms with van der Waals surface area (Å²) >= 11 is 0. The van der Waals surface area contributed by atoms with E-state index < -0.39 is 106 Å². The quantitative estimate of drug-likeness (QED) is 0.0689. The Bertz CT molecular complexity index is 1930. The van der Waals surface area contributed by atoms with Crippen molar-refractivity contribution in [2.75, 3.05) is 19.8 Å². The van der Waals surface area contributed by atoms with E-state index in [1.807, 2.05) is 74.5 Å². The van der Waals surface area contributed by atoms with Crippen LogP contribution in [0.5, 0.6) is 0 Å². The van der Waals surface area contributed by atoms with Crippen LogP contribution >= 0.6 is 0 Å². The summed E-state index contributed by atoms with van der Waals surface area (Å²) in [6.07, 6.45) is -9.88. The Morgan fingerprint density at radius 1 is 0.743 bits per heavy atom. The summed E-state index contributed by atoms with van der Waals surface area (Å²) < 4.78 is 64.1. The number of hydrogen-bond acceptors (Lipinski definition) is 15. The lowest BCUT2D eigenvalue weighted by Gasteiger charge is -2.47. The van der Waals surface area contributed by atoms with Crippen molar-refractivity contribution in [2.24, 2.45) is 17.8 Å². The topological polar surface area (TPSA) is 211 Å². The molecule has 0 radical (unpaired) electrons. The van der Waals surface area contributed by atoms with Gasteiger partial charge in [-0.2, -0.15) is 0 Å². The van der Waals surface area contributed by atoms with E-state index in [2.05, 4.69) is 58.0 Å². The molecule has 3 heterocycles. The number of nitrogens with one attached hydrogen (secondary N) is 2. The van der Waals surface area contributed by atoms with E-state index in [0.717, 1.165) is 24.0 Å². The molecule has 4 aliphatic rings. The highest BCUT2D eigenvalue weighted by molar-refractivity contribution is 6.74. The van der Waals surface area contributed by atoms with E-state index >= 15 is 0 Å². The fraction of sp³-hybridized carbons (Fsp3) is 0.692. The maximum atomic E-state index is 13.6. The van der Waals surface area contributed by atoms with Crippen LogP contribution in [-0.4, -0.2) is 142 Å². The SMILES string of the molecule is C=CCO[C@H]1[C@H](O[C@@H]2[C@@H](O)[C@H](C)C[C@H](NC(=O)OCc3ccccc3)[C@H]2O[C@H]2O[C@H](CO[Si](C)(C)C(C)(C)C)CC[C@H]2C)O[C@H](CC)[C@H]1O[C@H]1O[C@@H](CNC(=O)OCc2ccccc2)[C@@H](O)[C@H](O)[C@H]1C. The number of aliphatic hydroxyl groups is 3. The zero-order valence-electron chi connectivity index (χ0n) is 42.5. The number of carbonyl (C=O) groups excluding carboxylic acids is 2. The molecule has 5 N–H and O–H groups in total. The van der Waals surface area contributed by atoms with Crippen LogP contribution in [-0.2, 0) is 60.3 Å². The first-order chi connectivity index (χ1) is 33.3. The van der Waals surface area contributed by atoms with Gasteiger partial charge in [-0.05, 0) is 60.9 Å². The van der Waals surface area contributed by atoms with Gasteiger partial charge in [0.1, 0.15) is 49.8 Å². The molecule has 0 unspecified atom stereocenters. The molecule has 6 rings (SSSR count). The van der Waals surface area contributed by atoms with Gasteiger partial charge in [-0.15, -0.1) is 6.58 Å². The number of amides is 2. The summed E-state index contributed by atoms with van der Waals surface area (Å²) in [5, 5.41) is 40.1. The third-order valence-electron chi connectivity index (χ3n) is 14.6. The molecule has 0 spiro atoms. The van der Waals surface area contributed by atoms with Crippen LogP contribution in [0.2, 0.25) is 18.1 Å². The normalized spacial score (nSPS) is 34.9. The molecule has 2 amide bonds. The van der Waals surface area contributed by atoms with Crippen molar-refractivity contribution in [1.29, 1.82) is 0 Å². The first-order valence-corrected chi connectivity index (χ1v) is 28.0. The Balaban J connectivity index is 1.21. The number of carbonyl (C=O) groups is 2. The Kier molecular flexibility index (Phi) is 20.3. The van der Waals surface area contributed by atoms with Gasteiger partial charge in [-0.25, -0.2) is 9.59 Å². The van der Waals surface area contributed by atoms with Gasteiger partial charge < -0.3 is 73.0 Å². The minimum atomic E-state index is -2.09. The standard InChI is InChI=1S/C52H80N2O15Si/c1-11-25-60-46-44(68-48-33(5)41(56)42(57)39(66-48)27-53-50(58)61-28-34-19-15-13-16-20-34)38(12-2)65-49(46)69-45-40(55)32(4)26-37(54-51(59)62-29-35-21-17-14-18-22-35)43(45)67-47-31(3)23-24-36(64-47)30-63-70(9,10)52(6,7)8/h11,13-22,31-33,36-49,55-57H,1,12,23-30H2,2-10H3,(H,53,58)(H,54,59)/t31-,32-,33-,36+,37+,38-,39+,40+,41-,42-,43-,44-,45-,46-,47-,48-,49+/m1/s1. The van der Waals surface area contributed by atoms with Crippen LogP contribution in [0, 0.1) is 17.8 Å². The molecule has 3 saturated heterocycles. The Morgan fingerprint density at radius 3 is 1.96 bits per heavy atom. The zero-order chi connectivity index (χ0) is 50.8. The zero-order valence-corrected chi connectivity index (χ0v) is 43.5. The lowest BCUT2D eigenvalue weighted by molar-refractivity contribution is -0.304. The lowest BCUT2D eigenvalue weighted by atomic mass is 9.80. The van der Waals surface area contributed by atoms with Gasteiger partial charge in [0.2, 0.25) is 0 Å². The molecule has 0 bridgehead atoms. The third-order valence-corrected chi connectivity index (χ3v) is 19.1. The van der Waals surface area contributed by atoms with Crippen LogP contribution < -0.4 is 10.6 Å². The van der Waals surface area contributed by atoms with Crippen molar-refractivity contribution in [3.05, 3.63) is 84.4 Å². The second-order valence-electron chi connectivity index (χ2n) is 20.9. The Labute approximate surface area is 415 Å². The van der Waals surface area contributed by atoms with E-state index in [-0.39, 0.29) is 49.3 Å². The van der Waals surface area contributed by atoms with Gasteiger partial charge in [0.15, 0.2) is 27.2 Å². The summed E-state index contributed by atoms with van der Waals surface area (Å²) in [6.45, 7) is 22.8. The molecule has 4 fully saturated rings. The Hall–Kier alpha value is -3.50. The average molecular weight is 1000 g/mol. The van der Waals surface area contributed by atoms with Crippen LogP contribution in [0.4, 0.5) is 9.59 Å². The number of hydrogen-bond donors (Lipinski definition) is 5. The highest BCUT2D eigenvalue weighted by Crippen LogP contribution is 2.41. The van der Waals surface area contributed by atoms with Gasteiger partial charge in [0.25, 0.3) is 0 Å². The molecule has 1 saturated carbocycles. The smallest absolute Gasteiger partial charge is 0.407 e. The molecule has 18 heteroatoms. The van der Waals surface area contributed by atoms with Gasteiger partial charge >= 0.3 is 12.2 Å². The number of ether oxygens (including phenoxy) is 9. The van der Waals surface area contributed by atoms with E-state index in [1.54, 1.807) is 13.0 Å². The van der Waals surface area contributed by atoms with Crippen molar-refractivity contribution < 1.29 is 72.0 Å². The monoisotopic (exact) mass is 1000 g/mol. The first-order valence-electron chi connectivity index (χ1n) is 25.0. The summed E-state index contributed by atoms with van der Waals surface area (Å²) in [6, 6.07) is 17.9. The van der Waals surface area contributed by atoms with E-state index in [9.17, 15) is 24.9 Å². The molecule has 1 aliphatic carbocycles. The van der Waals surface area contributed by atoms with Gasteiger partial charge in [0, 0.05) is 18.4 Å². The predicted octanol–water partition coefficient (Wildman–Crippen LogP) is 6.72. The van der Waals surface area contributed by atoms with E-state index in [4.69, 9.17) is 47.1 Å². The summed E-state index contributed by atoms with van der Waals surface area (Å²) in [5.74, 6) is -1.16. The maximum absolute atomic E-state index is 13.6. The third kappa shape index (κ3) is 14.6. The minimum Gasteiger partial charge on any atom is -0.445 e. The summed E-state index contributed by atoms with van der Waals surface area (Å²) in [7, 11) is -2.09. The molecule has 17 atom stereocenters. The van der Waals surface area contributed by atoms with Gasteiger partial charge in [-0.3, -0.25) is 0 Å². The molecule has 0 aromatic heterocycles. The lowest BCUT2D eigenvalue weighted by Crippen LogP contribution is -2.63. The van der Waals surface area contributed by atoms with Crippen molar-refractivity contribution in [1.82, 2.24) is 10.6 Å². The number of benzene rings is 2. The molecule has 392 valence electrons. The highest BCUT2D eigenvalue weighted by Gasteiger charge is 2.55. The largest absolute Gasteiger partial charge is 0.445 e. The van der Waals surface area contributed by atoms with Crippen LogP contribution in [0.3, 0.4) is 0 Å². The maximum Gasteiger partial charge on any atom is 0.407 e. The molecular weight excluding hydrogens is 921 g/mol. The summed E-state index contributed by atoms with van der Waals surface area (Å²) in [5.41, 5.74) is 1.63. The van der Waals surface area contributed by atoms with Crippen molar-refractivity contribution >= 4 is 20.5 Å². The summed E-state index contributed by atoms with van der Waals surface area (Å²) in [4.78, 5) is 26.3. The second kappa shape index (κ2) is 25.4. The van der Waals surface area contributed by atoms with E-state index in [1.165, 1.54) is 0 Å². The van der Waals surface area contributed by atoms with Gasteiger partial charge in [0.05, 0.1) is 43.7 Å². The van der Waals surface area contributed by atoms with E-state index in [0.29, 0.717) is 19.4 Å². The van der Waals surface area contributed by atoms with Crippen LogP contribution in [0.15, 0.2) is 73.3 Å². The molecule has 70 heavy (non-hydrogen) atoms. The second-order valence-corrected chi connectivity index (χ2v) is 25.7. The fourth-order valence-electron chi connectivity index (χ4n) is 9.06. The molecule has 2 aromatic carbocycles. The van der Waals surface area contributed by atoms with Crippen LogP contribution in [0.25, 0.3) is 0 Å².